The normalized spacial score (nSPS) is 10.8. The SMILES string of the molecule is COc1cc(C(=O)O)c(CCCCCCCCN(C)C)c(OC)c1OC. The minimum absolute atomic E-state index is 0.213. The molecule has 0 atom stereocenters. The van der Waals surface area contributed by atoms with Crippen LogP contribution in [0.4, 0.5) is 0 Å². The molecule has 0 aliphatic heterocycles. The van der Waals surface area contributed by atoms with Gasteiger partial charge in [-0.25, -0.2) is 4.79 Å². The average molecular weight is 367 g/mol. The Morgan fingerprint density at radius 2 is 1.50 bits per heavy atom. The summed E-state index contributed by atoms with van der Waals surface area (Å²) in [5.41, 5.74) is 0.885. The van der Waals surface area contributed by atoms with Crippen LogP contribution in [0.5, 0.6) is 17.2 Å². The highest BCUT2D eigenvalue weighted by Crippen LogP contribution is 2.42. The van der Waals surface area contributed by atoms with Crippen molar-refractivity contribution in [2.45, 2.75) is 44.9 Å². The molecule has 0 fully saturated rings. The number of hydrogen-bond donors (Lipinski definition) is 1. The van der Waals surface area contributed by atoms with E-state index in [1.165, 1.54) is 46.7 Å². The molecule has 1 aromatic rings. The van der Waals surface area contributed by atoms with Crippen LogP contribution in [0.3, 0.4) is 0 Å². The summed E-state index contributed by atoms with van der Waals surface area (Å²) in [4.78, 5) is 13.9. The standard InChI is InChI=1S/C20H33NO5/c1-21(2)13-11-9-7-6-8-10-12-15-16(20(22)23)14-17(24-3)19(26-5)18(15)25-4/h14H,6-13H2,1-5H3,(H,22,23). The summed E-state index contributed by atoms with van der Waals surface area (Å²) in [6.45, 7) is 1.13. The Labute approximate surface area is 157 Å². The lowest BCUT2D eigenvalue weighted by molar-refractivity contribution is 0.0694. The zero-order chi connectivity index (χ0) is 19.5. The number of ether oxygens (including phenoxy) is 3. The molecular formula is C20H33NO5. The number of unbranched alkanes of at least 4 members (excludes halogenated alkanes) is 5. The van der Waals surface area contributed by atoms with Gasteiger partial charge in [0, 0.05) is 5.56 Å². The lowest BCUT2D eigenvalue weighted by Gasteiger charge is -2.18. The highest BCUT2D eigenvalue weighted by Gasteiger charge is 2.23. The second kappa shape index (κ2) is 11.6. The highest BCUT2D eigenvalue weighted by molar-refractivity contribution is 5.92. The van der Waals surface area contributed by atoms with Crippen LogP contribution in [0.1, 0.15) is 54.4 Å². The van der Waals surface area contributed by atoms with Crippen molar-refractivity contribution in [3.05, 3.63) is 17.2 Å². The van der Waals surface area contributed by atoms with Crippen LogP contribution in [0.25, 0.3) is 0 Å². The van der Waals surface area contributed by atoms with Gasteiger partial charge in [-0.15, -0.1) is 0 Å². The van der Waals surface area contributed by atoms with E-state index in [2.05, 4.69) is 19.0 Å². The fraction of sp³-hybridized carbons (Fsp3) is 0.650. The lowest BCUT2D eigenvalue weighted by Crippen LogP contribution is -2.12. The molecule has 0 aliphatic carbocycles. The fourth-order valence-corrected chi connectivity index (χ4v) is 3.09. The molecule has 0 unspecified atom stereocenters. The van der Waals surface area contributed by atoms with E-state index in [0.29, 0.717) is 29.2 Å². The maximum Gasteiger partial charge on any atom is 0.336 e. The van der Waals surface area contributed by atoms with Gasteiger partial charge < -0.3 is 24.2 Å². The average Bonchev–Trinajstić information content (AvgIpc) is 2.61. The van der Waals surface area contributed by atoms with Crippen molar-refractivity contribution in [1.82, 2.24) is 4.90 Å². The van der Waals surface area contributed by atoms with E-state index in [-0.39, 0.29) is 5.56 Å². The largest absolute Gasteiger partial charge is 0.493 e. The molecule has 6 heteroatoms. The zero-order valence-corrected chi connectivity index (χ0v) is 16.8. The Morgan fingerprint density at radius 1 is 0.923 bits per heavy atom. The Kier molecular flexibility index (Phi) is 9.88. The molecule has 1 N–H and O–H groups in total. The van der Waals surface area contributed by atoms with Crippen molar-refractivity contribution < 1.29 is 24.1 Å². The number of carbonyl (C=O) groups is 1. The van der Waals surface area contributed by atoms with Crippen molar-refractivity contribution in [3.63, 3.8) is 0 Å². The number of carboxylic acid groups (broad SMARTS) is 1. The van der Waals surface area contributed by atoms with E-state index < -0.39 is 5.97 Å². The van der Waals surface area contributed by atoms with Crippen LogP contribution in [0.2, 0.25) is 0 Å². The van der Waals surface area contributed by atoms with E-state index in [0.717, 1.165) is 25.8 Å². The molecule has 26 heavy (non-hydrogen) atoms. The van der Waals surface area contributed by atoms with Crippen molar-refractivity contribution in [3.8, 4) is 17.2 Å². The molecule has 1 aromatic carbocycles. The van der Waals surface area contributed by atoms with Crippen molar-refractivity contribution in [2.24, 2.45) is 0 Å². The predicted octanol–water partition coefficient (Wildman–Crippen LogP) is 3.86. The molecule has 1 rings (SSSR count). The van der Waals surface area contributed by atoms with E-state index in [1.807, 2.05) is 0 Å². The minimum atomic E-state index is -0.983. The molecule has 0 bridgehead atoms. The monoisotopic (exact) mass is 367 g/mol. The number of benzene rings is 1. The molecule has 0 heterocycles. The summed E-state index contributed by atoms with van der Waals surface area (Å²) < 4.78 is 16.1. The summed E-state index contributed by atoms with van der Waals surface area (Å²) in [5, 5.41) is 9.56. The molecule has 0 saturated carbocycles. The molecule has 0 aliphatic rings. The van der Waals surface area contributed by atoms with Crippen LogP contribution in [-0.2, 0) is 6.42 Å². The Bertz CT molecular complexity index is 572. The summed E-state index contributed by atoms with van der Waals surface area (Å²) in [7, 11) is 8.72. The number of aromatic carboxylic acids is 1. The minimum Gasteiger partial charge on any atom is -0.493 e. The zero-order valence-electron chi connectivity index (χ0n) is 16.8. The van der Waals surface area contributed by atoms with Gasteiger partial charge in [-0.2, -0.15) is 0 Å². The molecule has 0 amide bonds. The Hall–Kier alpha value is -1.95. The second-order valence-electron chi connectivity index (χ2n) is 6.65. The highest BCUT2D eigenvalue weighted by atomic mass is 16.5. The van der Waals surface area contributed by atoms with Gasteiger partial charge in [0.15, 0.2) is 11.5 Å². The quantitative estimate of drug-likeness (QED) is 0.534. The third-order valence-electron chi connectivity index (χ3n) is 4.45. The van der Waals surface area contributed by atoms with Gasteiger partial charge in [0.25, 0.3) is 0 Å². The molecule has 0 saturated heterocycles. The lowest BCUT2D eigenvalue weighted by atomic mass is 9.98. The van der Waals surface area contributed by atoms with Crippen molar-refractivity contribution >= 4 is 5.97 Å². The van der Waals surface area contributed by atoms with Crippen molar-refractivity contribution in [2.75, 3.05) is 42.0 Å². The molecular weight excluding hydrogens is 334 g/mol. The third kappa shape index (κ3) is 6.41. The first kappa shape index (κ1) is 22.1. The topological polar surface area (TPSA) is 68.2 Å². The maximum absolute atomic E-state index is 11.7. The van der Waals surface area contributed by atoms with Crippen molar-refractivity contribution in [1.29, 1.82) is 0 Å². The van der Waals surface area contributed by atoms with Gasteiger partial charge in [0.05, 0.1) is 26.9 Å². The Morgan fingerprint density at radius 3 is 2.00 bits per heavy atom. The number of hydrogen-bond acceptors (Lipinski definition) is 5. The first-order valence-corrected chi connectivity index (χ1v) is 9.16. The van der Waals surface area contributed by atoms with Crippen LogP contribution in [0.15, 0.2) is 6.07 Å². The van der Waals surface area contributed by atoms with E-state index in [1.54, 1.807) is 0 Å². The van der Waals surface area contributed by atoms with Gasteiger partial charge in [-0.05, 0) is 46.0 Å². The van der Waals surface area contributed by atoms with Gasteiger partial charge >= 0.3 is 5.97 Å². The number of nitrogens with zero attached hydrogens (tertiary/aromatic N) is 1. The predicted molar refractivity (Wildman–Crippen MR) is 103 cm³/mol. The smallest absolute Gasteiger partial charge is 0.336 e. The second-order valence-corrected chi connectivity index (χ2v) is 6.65. The first-order chi connectivity index (χ1) is 12.5. The fourth-order valence-electron chi connectivity index (χ4n) is 3.09. The molecule has 0 aromatic heterocycles. The van der Waals surface area contributed by atoms with Gasteiger partial charge in [0.2, 0.25) is 5.75 Å². The van der Waals surface area contributed by atoms with Crippen LogP contribution in [0, 0.1) is 0 Å². The number of methoxy groups -OCH3 is 3. The Balaban J connectivity index is 2.71. The van der Waals surface area contributed by atoms with E-state index in [4.69, 9.17) is 14.2 Å². The molecule has 148 valence electrons. The molecule has 0 radical (unpaired) electrons. The summed E-state index contributed by atoms with van der Waals surface area (Å²) in [6, 6.07) is 1.51. The van der Waals surface area contributed by atoms with Crippen LogP contribution < -0.4 is 14.2 Å². The molecule has 6 nitrogen and oxygen atoms in total. The summed E-state index contributed by atoms with van der Waals surface area (Å²) >= 11 is 0. The van der Waals surface area contributed by atoms with E-state index >= 15 is 0 Å². The van der Waals surface area contributed by atoms with Gasteiger partial charge in [-0.1, -0.05) is 25.7 Å². The van der Waals surface area contributed by atoms with E-state index in [9.17, 15) is 9.90 Å². The summed E-state index contributed by atoms with van der Waals surface area (Å²) in [5.74, 6) is 0.281. The maximum atomic E-state index is 11.7. The van der Waals surface area contributed by atoms with Crippen LogP contribution >= 0.6 is 0 Å². The van der Waals surface area contributed by atoms with Crippen LogP contribution in [-0.4, -0.2) is 57.9 Å². The summed E-state index contributed by atoms with van der Waals surface area (Å²) in [6.07, 6.45) is 7.45. The molecule has 0 spiro atoms. The van der Waals surface area contributed by atoms with Gasteiger partial charge in [-0.3, -0.25) is 0 Å². The number of carboxylic acids is 1. The number of rotatable bonds is 13. The third-order valence-corrected chi connectivity index (χ3v) is 4.45. The van der Waals surface area contributed by atoms with Gasteiger partial charge in [0.1, 0.15) is 0 Å². The first-order valence-electron chi connectivity index (χ1n) is 9.16.